The first-order chi connectivity index (χ1) is 23.5. The van der Waals surface area contributed by atoms with Crippen LogP contribution in [-0.4, -0.2) is 24.5 Å². The summed E-state index contributed by atoms with van der Waals surface area (Å²) in [5.41, 5.74) is 13.7. The summed E-state index contributed by atoms with van der Waals surface area (Å²) in [6.07, 6.45) is 0. The number of Topliss-reactive ketones (excluding diaryl/α,β-unsaturated/α-hetero) is 1. The van der Waals surface area contributed by atoms with Gasteiger partial charge in [0.15, 0.2) is 5.78 Å². The molecule has 0 saturated heterocycles. The van der Waals surface area contributed by atoms with Gasteiger partial charge in [0.2, 0.25) is 11.6 Å². The Labute approximate surface area is 291 Å². The average molecular weight is 698 g/mol. The zero-order valence-corrected chi connectivity index (χ0v) is 28.2. The largest absolute Gasteiger partial charge is 0.369 e. The molecule has 0 radical (unpaired) electrons. The zero-order chi connectivity index (χ0) is 34.8. The molecule has 7 nitrogen and oxygen atoms in total. The van der Waals surface area contributed by atoms with E-state index in [1.165, 1.54) is 30.3 Å². The van der Waals surface area contributed by atoms with E-state index in [1.807, 2.05) is 71.5 Å². The highest BCUT2D eigenvalue weighted by atomic mass is 35.5. The molecule has 7 rings (SSSR count). The van der Waals surface area contributed by atoms with Gasteiger partial charge in [-0.15, -0.1) is 0 Å². The van der Waals surface area contributed by atoms with E-state index >= 15 is 0 Å². The molecule has 0 amide bonds. The number of anilines is 1. The number of benzene rings is 5. The van der Waals surface area contributed by atoms with Gasteiger partial charge in [-0.05, 0) is 103 Å². The number of fused-ring (bicyclic) bond motifs is 2. The van der Waals surface area contributed by atoms with Crippen molar-refractivity contribution in [1.29, 1.82) is 5.41 Å². The third-order valence-corrected chi connectivity index (χ3v) is 9.21. The van der Waals surface area contributed by atoms with Crippen molar-refractivity contribution in [2.45, 2.75) is 33.5 Å². The predicted octanol–water partition coefficient (Wildman–Crippen LogP) is 8.72. The SMILES string of the molecule is Cc1cc(F)ccc1Cn1c(=N)n(CC(=O)c2ccc(Cl)c(Cl)c2)c2ccccc21.Cc1cc(F)ccc1Cn1c(N)nc2ccccc21. The maximum atomic E-state index is 13.5. The standard InChI is InChI=1S/C23H18Cl2FN3O.C15H14FN3/c1-14-10-17(26)8-6-16(14)12-28-20-4-2-3-5-21(20)29(23(28)27)13-22(30)15-7-9-18(24)19(25)11-15;1-10-8-12(16)7-6-11(10)9-19-14-5-3-2-4-13(14)18-15(19)17/h2-11,27H,12-13H2,1H3;2-8H,9H2,1H3,(H2,17,18). The third kappa shape index (κ3) is 7.13. The number of para-hydroxylation sites is 4. The molecule has 248 valence electrons. The van der Waals surface area contributed by atoms with Crippen molar-refractivity contribution < 1.29 is 13.6 Å². The molecule has 0 atom stereocenters. The lowest BCUT2D eigenvalue weighted by Gasteiger charge is -2.09. The molecule has 0 bridgehead atoms. The van der Waals surface area contributed by atoms with Gasteiger partial charge in [-0.3, -0.25) is 10.2 Å². The molecular weight excluding hydrogens is 665 g/mol. The lowest BCUT2D eigenvalue weighted by molar-refractivity contribution is 0.0971. The van der Waals surface area contributed by atoms with E-state index in [9.17, 15) is 13.6 Å². The van der Waals surface area contributed by atoms with Gasteiger partial charge >= 0.3 is 0 Å². The van der Waals surface area contributed by atoms with Crippen LogP contribution in [0.5, 0.6) is 0 Å². The van der Waals surface area contributed by atoms with Crippen molar-refractivity contribution in [2.75, 3.05) is 5.73 Å². The summed E-state index contributed by atoms with van der Waals surface area (Å²) in [7, 11) is 0. The van der Waals surface area contributed by atoms with Gasteiger partial charge in [0.05, 0.1) is 51.7 Å². The van der Waals surface area contributed by atoms with Crippen LogP contribution >= 0.6 is 23.2 Å². The first-order valence-electron chi connectivity index (χ1n) is 15.4. The molecule has 0 aliphatic rings. The van der Waals surface area contributed by atoms with Crippen molar-refractivity contribution in [2.24, 2.45) is 0 Å². The van der Waals surface area contributed by atoms with E-state index in [1.54, 1.807) is 28.8 Å². The maximum absolute atomic E-state index is 13.5. The molecular formula is C38H32Cl2F2N6O. The minimum absolute atomic E-state index is 0.00723. The topological polar surface area (TPSA) is 94.6 Å². The number of halogens is 4. The normalized spacial score (nSPS) is 11.1. The Kier molecular flexibility index (Phi) is 9.67. The molecule has 2 heterocycles. The van der Waals surface area contributed by atoms with Crippen molar-refractivity contribution in [3.05, 3.63) is 158 Å². The van der Waals surface area contributed by atoms with Crippen molar-refractivity contribution in [3.63, 3.8) is 0 Å². The Morgan fingerprint density at radius 1 is 0.714 bits per heavy atom. The summed E-state index contributed by atoms with van der Waals surface area (Å²) in [5.74, 6) is -0.204. The van der Waals surface area contributed by atoms with E-state index in [0.29, 0.717) is 34.6 Å². The fourth-order valence-corrected chi connectivity index (χ4v) is 6.09. The number of carbonyl (C=O) groups excluding carboxylic acids is 1. The van der Waals surface area contributed by atoms with E-state index in [4.69, 9.17) is 34.3 Å². The minimum atomic E-state index is -0.290. The summed E-state index contributed by atoms with van der Waals surface area (Å²) >= 11 is 12.0. The second-order valence-corrected chi connectivity index (χ2v) is 12.5. The highest BCUT2D eigenvalue weighted by Gasteiger charge is 2.16. The second-order valence-electron chi connectivity index (χ2n) is 11.7. The maximum Gasteiger partial charge on any atom is 0.203 e. The number of nitrogens with two attached hydrogens (primary N) is 1. The van der Waals surface area contributed by atoms with Gasteiger partial charge < -0.3 is 19.4 Å². The fraction of sp³-hybridized carbons (Fsp3) is 0.132. The predicted molar refractivity (Wildman–Crippen MR) is 191 cm³/mol. The van der Waals surface area contributed by atoms with Crippen molar-refractivity contribution in [1.82, 2.24) is 18.7 Å². The number of nitrogens with zero attached hydrogens (tertiary/aromatic N) is 4. The number of imidazole rings is 2. The van der Waals surface area contributed by atoms with Crippen LogP contribution in [0.25, 0.3) is 22.1 Å². The summed E-state index contributed by atoms with van der Waals surface area (Å²) in [5, 5.41) is 9.42. The number of carbonyl (C=O) groups is 1. The molecule has 0 saturated carbocycles. The molecule has 0 fully saturated rings. The Morgan fingerprint density at radius 2 is 1.27 bits per heavy atom. The summed E-state index contributed by atoms with van der Waals surface area (Å²) in [4.78, 5) is 17.2. The number of ketones is 1. The van der Waals surface area contributed by atoms with Gasteiger partial charge in [-0.25, -0.2) is 13.8 Å². The highest BCUT2D eigenvalue weighted by molar-refractivity contribution is 6.42. The van der Waals surface area contributed by atoms with E-state index in [0.717, 1.165) is 44.3 Å². The summed E-state index contributed by atoms with van der Waals surface area (Å²) in [6, 6.07) is 29.5. The Morgan fingerprint density at radius 3 is 1.86 bits per heavy atom. The van der Waals surface area contributed by atoms with Crippen LogP contribution < -0.4 is 11.4 Å². The van der Waals surface area contributed by atoms with Crippen molar-refractivity contribution in [3.8, 4) is 0 Å². The van der Waals surface area contributed by atoms with Gasteiger partial charge in [0.1, 0.15) is 11.6 Å². The number of hydrogen-bond acceptors (Lipinski definition) is 4. The van der Waals surface area contributed by atoms with E-state index < -0.39 is 0 Å². The molecule has 7 aromatic rings. The number of nitrogen functional groups attached to an aromatic ring is 1. The zero-order valence-electron chi connectivity index (χ0n) is 26.7. The highest BCUT2D eigenvalue weighted by Crippen LogP contribution is 2.24. The lowest BCUT2D eigenvalue weighted by Crippen LogP contribution is -2.27. The lowest BCUT2D eigenvalue weighted by atomic mass is 10.1. The third-order valence-electron chi connectivity index (χ3n) is 8.47. The Balaban J connectivity index is 0.000000188. The van der Waals surface area contributed by atoms with Crippen LogP contribution in [0.3, 0.4) is 0 Å². The van der Waals surface area contributed by atoms with Crippen molar-refractivity contribution >= 4 is 57.0 Å². The number of aryl methyl sites for hydroxylation is 2. The first-order valence-corrected chi connectivity index (χ1v) is 16.2. The van der Waals surface area contributed by atoms with Crippen LogP contribution in [0, 0.1) is 30.9 Å². The molecule has 0 unspecified atom stereocenters. The van der Waals surface area contributed by atoms with Crippen LogP contribution in [0.2, 0.25) is 10.0 Å². The quantitative estimate of drug-likeness (QED) is 0.163. The van der Waals surface area contributed by atoms with Gasteiger partial charge in [0, 0.05) is 5.56 Å². The number of hydrogen-bond donors (Lipinski definition) is 2. The van der Waals surface area contributed by atoms with E-state index in [2.05, 4.69) is 4.98 Å². The van der Waals surface area contributed by atoms with Gasteiger partial charge in [-0.1, -0.05) is 59.6 Å². The fourth-order valence-electron chi connectivity index (χ4n) is 5.79. The summed E-state index contributed by atoms with van der Waals surface area (Å²) in [6.45, 7) is 4.73. The van der Waals surface area contributed by atoms with Crippen LogP contribution in [0.4, 0.5) is 14.7 Å². The smallest absolute Gasteiger partial charge is 0.203 e. The second kappa shape index (κ2) is 14.1. The van der Waals surface area contributed by atoms with E-state index in [-0.39, 0.29) is 29.6 Å². The van der Waals surface area contributed by atoms with Crippen LogP contribution in [-0.2, 0) is 19.6 Å². The van der Waals surface area contributed by atoms with Gasteiger partial charge in [0.25, 0.3) is 0 Å². The Bertz CT molecular complexity index is 2410. The monoisotopic (exact) mass is 696 g/mol. The average Bonchev–Trinajstić information content (AvgIpc) is 3.53. The number of aromatic nitrogens is 4. The summed E-state index contributed by atoms with van der Waals surface area (Å²) < 4.78 is 32.0. The minimum Gasteiger partial charge on any atom is -0.369 e. The van der Waals surface area contributed by atoms with Crippen LogP contribution in [0.15, 0.2) is 103 Å². The molecule has 11 heteroatoms. The number of rotatable bonds is 7. The molecule has 49 heavy (non-hydrogen) atoms. The molecule has 0 spiro atoms. The molecule has 3 N–H and O–H groups in total. The van der Waals surface area contributed by atoms with Gasteiger partial charge in [-0.2, -0.15) is 0 Å². The first kappa shape index (κ1) is 33.6. The molecule has 5 aromatic carbocycles. The number of nitrogens with one attached hydrogen (secondary N) is 1. The van der Waals surface area contributed by atoms with Crippen LogP contribution in [0.1, 0.15) is 32.6 Å². The molecule has 0 aliphatic heterocycles. The molecule has 2 aromatic heterocycles. The Hall–Kier alpha value is -5.25. The molecule has 0 aliphatic carbocycles.